The van der Waals surface area contributed by atoms with Crippen LogP contribution in [-0.4, -0.2) is 9.78 Å². The number of fused-ring (bicyclic) bond motifs is 6. The Morgan fingerprint density at radius 2 is 1.05 bits per heavy atom. The molecule has 0 radical (unpaired) electrons. The third-order valence-electron chi connectivity index (χ3n) is 9.10. The van der Waals surface area contributed by atoms with Crippen LogP contribution in [0.15, 0.2) is 138 Å². The fourth-order valence-electron chi connectivity index (χ4n) is 7.15. The van der Waals surface area contributed by atoms with Crippen molar-refractivity contribution < 1.29 is 4.42 Å². The number of hydrogen-bond acceptors (Lipinski definition) is 2. The van der Waals surface area contributed by atoms with Gasteiger partial charge in [0, 0.05) is 27.6 Å². The van der Waals surface area contributed by atoms with Crippen molar-refractivity contribution in [3.63, 3.8) is 0 Å². The van der Waals surface area contributed by atoms with Crippen molar-refractivity contribution in [3.8, 4) is 27.9 Å². The van der Waals surface area contributed by atoms with Crippen LogP contribution in [0.4, 0.5) is 0 Å². The molecule has 2 aromatic heterocycles. The molecule has 9 rings (SSSR count). The summed E-state index contributed by atoms with van der Waals surface area (Å²) in [4.78, 5) is 0. The normalized spacial score (nSPS) is 11.9. The number of furan rings is 1. The van der Waals surface area contributed by atoms with Crippen molar-refractivity contribution in [1.82, 2.24) is 9.78 Å². The monoisotopic (exact) mass is 564 g/mol. The van der Waals surface area contributed by atoms with E-state index in [0.29, 0.717) is 0 Å². The summed E-state index contributed by atoms with van der Waals surface area (Å²) in [5, 5.41) is 14.6. The lowest BCUT2D eigenvalue weighted by Crippen LogP contribution is -1.98. The van der Waals surface area contributed by atoms with Crippen molar-refractivity contribution in [3.05, 3.63) is 145 Å². The van der Waals surface area contributed by atoms with E-state index < -0.39 is 0 Å². The summed E-state index contributed by atoms with van der Waals surface area (Å²) >= 11 is 0. The molecule has 0 aliphatic heterocycles. The Labute approximate surface area is 254 Å². The fourth-order valence-corrected chi connectivity index (χ4v) is 7.15. The minimum absolute atomic E-state index is 0.906. The molecular formula is C41H28N2O. The van der Waals surface area contributed by atoms with Crippen LogP contribution < -0.4 is 0 Å². The van der Waals surface area contributed by atoms with Gasteiger partial charge in [-0.05, 0) is 93.7 Å². The third-order valence-corrected chi connectivity index (χ3v) is 9.10. The van der Waals surface area contributed by atoms with Gasteiger partial charge < -0.3 is 4.42 Å². The van der Waals surface area contributed by atoms with Gasteiger partial charge in [0.2, 0.25) is 0 Å². The number of rotatable bonds is 3. The molecule has 0 bridgehead atoms. The van der Waals surface area contributed by atoms with Crippen LogP contribution >= 0.6 is 0 Å². The van der Waals surface area contributed by atoms with E-state index in [1.165, 1.54) is 54.6 Å². The van der Waals surface area contributed by atoms with Crippen LogP contribution in [0.5, 0.6) is 0 Å². The zero-order valence-electron chi connectivity index (χ0n) is 24.5. The van der Waals surface area contributed by atoms with Crippen molar-refractivity contribution in [2.45, 2.75) is 13.8 Å². The summed E-state index contributed by atoms with van der Waals surface area (Å²) in [7, 11) is 0. The molecule has 0 spiro atoms. The maximum atomic E-state index is 6.36. The van der Waals surface area contributed by atoms with Gasteiger partial charge in [-0.2, -0.15) is 5.10 Å². The maximum Gasteiger partial charge on any atom is 0.136 e. The zero-order chi connectivity index (χ0) is 29.4. The van der Waals surface area contributed by atoms with Gasteiger partial charge >= 0.3 is 0 Å². The van der Waals surface area contributed by atoms with E-state index in [-0.39, 0.29) is 0 Å². The molecule has 44 heavy (non-hydrogen) atoms. The molecule has 9 aromatic rings. The van der Waals surface area contributed by atoms with Gasteiger partial charge in [-0.15, -0.1) is 0 Å². The molecule has 0 N–H and O–H groups in total. The average molecular weight is 565 g/mol. The predicted octanol–water partition coefficient (Wildman–Crippen LogP) is 11.2. The highest BCUT2D eigenvalue weighted by Crippen LogP contribution is 2.46. The van der Waals surface area contributed by atoms with Crippen LogP contribution in [-0.2, 0) is 0 Å². The molecule has 0 unspecified atom stereocenters. The van der Waals surface area contributed by atoms with E-state index in [4.69, 9.17) is 9.52 Å². The van der Waals surface area contributed by atoms with Gasteiger partial charge in [-0.1, -0.05) is 97.1 Å². The van der Waals surface area contributed by atoms with Gasteiger partial charge in [-0.25, -0.2) is 4.68 Å². The van der Waals surface area contributed by atoms with Gasteiger partial charge in [-0.3, -0.25) is 0 Å². The van der Waals surface area contributed by atoms with Gasteiger partial charge in [0.1, 0.15) is 11.2 Å². The topological polar surface area (TPSA) is 31.0 Å². The Morgan fingerprint density at radius 3 is 1.73 bits per heavy atom. The molecule has 0 fully saturated rings. The van der Waals surface area contributed by atoms with Crippen LogP contribution in [0, 0.1) is 13.8 Å². The molecule has 3 heteroatoms. The quantitative estimate of drug-likeness (QED) is 0.200. The minimum Gasteiger partial charge on any atom is -0.456 e. The summed E-state index contributed by atoms with van der Waals surface area (Å²) in [5.74, 6) is 0. The number of aromatic nitrogens is 2. The lowest BCUT2D eigenvalue weighted by atomic mass is 9.85. The van der Waals surface area contributed by atoms with Crippen molar-refractivity contribution in [1.29, 1.82) is 0 Å². The Kier molecular flexibility index (Phi) is 5.33. The highest BCUT2D eigenvalue weighted by atomic mass is 16.3. The Balaban J connectivity index is 1.35. The van der Waals surface area contributed by atoms with Crippen LogP contribution in [0.1, 0.15) is 11.4 Å². The lowest BCUT2D eigenvalue weighted by Gasteiger charge is -2.18. The predicted molar refractivity (Wildman–Crippen MR) is 184 cm³/mol. The molecule has 2 heterocycles. The Morgan fingerprint density at radius 1 is 0.477 bits per heavy atom. The molecule has 3 nitrogen and oxygen atoms in total. The van der Waals surface area contributed by atoms with Crippen molar-refractivity contribution in [2.24, 2.45) is 0 Å². The SMILES string of the molecule is Cc1nn(-c2ccccc2)c(C)c1-c1c2ccccc2c(-c2ccc3oc4cc5ccccc5cc4c3c2)c2ccccc12. The van der Waals surface area contributed by atoms with Crippen molar-refractivity contribution in [2.75, 3.05) is 0 Å². The number of nitrogens with zero attached hydrogens (tertiary/aromatic N) is 2. The van der Waals surface area contributed by atoms with Gasteiger partial charge in [0.15, 0.2) is 0 Å². The van der Waals surface area contributed by atoms with Gasteiger partial charge in [0.25, 0.3) is 0 Å². The first-order chi connectivity index (χ1) is 21.7. The van der Waals surface area contributed by atoms with Crippen molar-refractivity contribution >= 4 is 54.3 Å². The number of para-hydroxylation sites is 1. The summed E-state index contributed by atoms with van der Waals surface area (Å²) in [5.41, 5.74) is 9.89. The Bertz CT molecular complexity index is 2510. The highest BCUT2D eigenvalue weighted by molar-refractivity contribution is 6.22. The largest absolute Gasteiger partial charge is 0.456 e. The van der Waals surface area contributed by atoms with E-state index in [2.05, 4.69) is 146 Å². The first kappa shape index (κ1) is 24.9. The molecule has 0 aliphatic carbocycles. The summed E-state index contributed by atoms with van der Waals surface area (Å²) in [6.07, 6.45) is 0. The summed E-state index contributed by atoms with van der Waals surface area (Å²) < 4.78 is 8.43. The molecule has 0 atom stereocenters. The molecule has 0 saturated heterocycles. The van der Waals surface area contributed by atoms with Crippen LogP contribution in [0.3, 0.4) is 0 Å². The second kappa shape index (κ2) is 9.42. The first-order valence-electron chi connectivity index (χ1n) is 15.1. The Hall–Kier alpha value is -5.67. The van der Waals surface area contributed by atoms with E-state index in [1.807, 2.05) is 6.07 Å². The second-order valence-corrected chi connectivity index (χ2v) is 11.6. The van der Waals surface area contributed by atoms with Crippen LogP contribution in [0.25, 0.3) is 82.2 Å². The smallest absolute Gasteiger partial charge is 0.136 e. The molecular weight excluding hydrogens is 536 g/mol. The second-order valence-electron chi connectivity index (χ2n) is 11.6. The fraction of sp³-hybridized carbons (Fsp3) is 0.0488. The maximum absolute atomic E-state index is 6.36. The van der Waals surface area contributed by atoms with E-state index >= 15 is 0 Å². The van der Waals surface area contributed by atoms with E-state index in [9.17, 15) is 0 Å². The van der Waals surface area contributed by atoms with E-state index in [1.54, 1.807) is 0 Å². The van der Waals surface area contributed by atoms with Crippen LogP contribution in [0.2, 0.25) is 0 Å². The number of hydrogen-bond donors (Lipinski definition) is 0. The molecule has 0 amide bonds. The highest BCUT2D eigenvalue weighted by Gasteiger charge is 2.22. The molecule has 0 aliphatic rings. The average Bonchev–Trinajstić information content (AvgIpc) is 3.57. The standard InChI is InChI=1S/C41H28N2O/c1-25-39(26(2)43(42-25)30-14-4-3-5-15-30)41-33-18-10-8-16-31(33)40(32-17-9-11-19-34(32)41)29-20-21-37-35(23-29)36-22-27-12-6-7-13-28(27)24-38(36)44-37/h3-24H,1-2H3. The summed E-state index contributed by atoms with van der Waals surface area (Å²) in [6.45, 7) is 4.31. The van der Waals surface area contributed by atoms with E-state index in [0.717, 1.165) is 39.0 Å². The number of aryl methyl sites for hydroxylation is 1. The zero-order valence-corrected chi connectivity index (χ0v) is 24.5. The molecule has 7 aromatic carbocycles. The lowest BCUT2D eigenvalue weighted by molar-refractivity contribution is 0.669. The molecule has 0 saturated carbocycles. The number of benzene rings is 7. The third kappa shape index (κ3) is 3.59. The molecule has 208 valence electrons. The minimum atomic E-state index is 0.906. The summed E-state index contributed by atoms with van der Waals surface area (Å²) in [6, 6.07) is 47.6. The van der Waals surface area contributed by atoms with Gasteiger partial charge in [0.05, 0.1) is 11.4 Å². The first-order valence-corrected chi connectivity index (χ1v) is 15.1.